The van der Waals surface area contributed by atoms with Crippen molar-refractivity contribution in [2.24, 2.45) is 0 Å². The van der Waals surface area contributed by atoms with E-state index in [1.54, 1.807) is 12.3 Å². The van der Waals surface area contributed by atoms with Gasteiger partial charge in [0.15, 0.2) is 11.8 Å². The Kier molecular flexibility index (Phi) is 6.44. The van der Waals surface area contributed by atoms with Gasteiger partial charge < -0.3 is 10.1 Å². The molecule has 0 aliphatic heterocycles. The minimum Gasteiger partial charge on any atom is -0.448 e. The van der Waals surface area contributed by atoms with Gasteiger partial charge in [0.05, 0.1) is 0 Å². The molecule has 1 heterocycles. The summed E-state index contributed by atoms with van der Waals surface area (Å²) in [7, 11) is 0. The standard InChI is InChI=1S/C23H24N2O3S/c1-5-17-7-9-18(10-8-17)22-25-20(13-29-22)23(27)28-16(4)21(26)24-19-11-6-14(2)12-15(19)3/h6-13,16H,5H2,1-4H3,(H,24,26)/t16-/m0/s1. The summed E-state index contributed by atoms with van der Waals surface area (Å²) in [4.78, 5) is 29.2. The Morgan fingerprint density at radius 1 is 1.14 bits per heavy atom. The van der Waals surface area contributed by atoms with Crippen LogP contribution in [-0.4, -0.2) is 23.0 Å². The third-order valence-corrected chi connectivity index (χ3v) is 5.51. The van der Waals surface area contributed by atoms with Gasteiger partial charge in [0, 0.05) is 16.6 Å². The number of thiazole rings is 1. The number of amides is 1. The molecule has 1 aromatic heterocycles. The van der Waals surface area contributed by atoms with E-state index in [4.69, 9.17) is 4.74 Å². The number of hydrogen-bond acceptors (Lipinski definition) is 5. The Hall–Kier alpha value is -2.99. The Balaban J connectivity index is 1.63. The monoisotopic (exact) mass is 408 g/mol. The van der Waals surface area contributed by atoms with E-state index in [2.05, 4.69) is 17.2 Å². The number of aryl methyl sites for hydroxylation is 3. The lowest BCUT2D eigenvalue weighted by molar-refractivity contribution is -0.123. The molecule has 3 rings (SSSR count). The lowest BCUT2D eigenvalue weighted by Crippen LogP contribution is -2.30. The summed E-state index contributed by atoms with van der Waals surface area (Å²) in [6, 6.07) is 13.8. The van der Waals surface area contributed by atoms with Gasteiger partial charge in [-0.25, -0.2) is 9.78 Å². The van der Waals surface area contributed by atoms with E-state index in [-0.39, 0.29) is 11.6 Å². The van der Waals surface area contributed by atoms with Gasteiger partial charge in [-0.15, -0.1) is 11.3 Å². The number of ether oxygens (including phenoxy) is 1. The van der Waals surface area contributed by atoms with E-state index in [0.29, 0.717) is 5.69 Å². The highest BCUT2D eigenvalue weighted by molar-refractivity contribution is 7.13. The fourth-order valence-electron chi connectivity index (χ4n) is 2.85. The molecule has 0 saturated carbocycles. The van der Waals surface area contributed by atoms with Crippen molar-refractivity contribution in [3.8, 4) is 10.6 Å². The van der Waals surface area contributed by atoms with Gasteiger partial charge in [-0.2, -0.15) is 0 Å². The average molecular weight is 409 g/mol. The lowest BCUT2D eigenvalue weighted by Gasteiger charge is -2.14. The quantitative estimate of drug-likeness (QED) is 0.571. The highest BCUT2D eigenvalue weighted by atomic mass is 32.1. The first-order valence-corrected chi connectivity index (χ1v) is 10.4. The summed E-state index contributed by atoms with van der Waals surface area (Å²) in [5.41, 5.74) is 5.17. The molecule has 0 fully saturated rings. The number of nitrogens with one attached hydrogen (secondary N) is 1. The van der Waals surface area contributed by atoms with Gasteiger partial charge in [-0.05, 0) is 44.4 Å². The van der Waals surface area contributed by atoms with Crippen LogP contribution < -0.4 is 5.32 Å². The number of rotatable bonds is 6. The summed E-state index contributed by atoms with van der Waals surface area (Å²) in [5.74, 6) is -0.989. The Morgan fingerprint density at radius 2 is 1.86 bits per heavy atom. The van der Waals surface area contributed by atoms with E-state index in [0.717, 1.165) is 28.1 Å². The highest BCUT2D eigenvalue weighted by Crippen LogP contribution is 2.25. The maximum Gasteiger partial charge on any atom is 0.358 e. The molecule has 0 aliphatic carbocycles. The molecule has 2 aromatic carbocycles. The summed E-state index contributed by atoms with van der Waals surface area (Å²) < 4.78 is 5.31. The highest BCUT2D eigenvalue weighted by Gasteiger charge is 2.21. The Morgan fingerprint density at radius 3 is 2.52 bits per heavy atom. The van der Waals surface area contributed by atoms with Crippen molar-refractivity contribution >= 4 is 28.9 Å². The van der Waals surface area contributed by atoms with Crippen molar-refractivity contribution in [1.29, 1.82) is 0 Å². The fraction of sp³-hybridized carbons (Fsp3) is 0.261. The van der Waals surface area contributed by atoms with Gasteiger partial charge in [0.2, 0.25) is 0 Å². The predicted octanol–water partition coefficient (Wildman–Crippen LogP) is 5.17. The van der Waals surface area contributed by atoms with Gasteiger partial charge >= 0.3 is 5.97 Å². The van der Waals surface area contributed by atoms with Crippen LogP contribution in [0.4, 0.5) is 5.69 Å². The number of hydrogen-bond donors (Lipinski definition) is 1. The molecule has 3 aromatic rings. The Labute approximate surface area is 174 Å². The van der Waals surface area contributed by atoms with Gasteiger partial charge in [-0.3, -0.25) is 4.79 Å². The second-order valence-electron chi connectivity index (χ2n) is 6.94. The van der Waals surface area contributed by atoms with Crippen molar-refractivity contribution in [2.75, 3.05) is 5.32 Å². The first kappa shape index (κ1) is 20.7. The molecule has 1 atom stereocenters. The number of carbonyl (C=O) groups is 2. The van der Waals surface area contributed by atoms with Crippen LogP contribution in [0.25, 0.3) is 10.6 Å². The SMILES string of the molecule is CCc1ccc(-c2nc(C(=O)O[C@@H](C)C(=O)Nc3ccc(C)cc3C)cs2)cc1. The second kappa shape index (κ2) is 9.01. The van der Waals surface area contributed by atoms with E-state index < -0.39 is 12.1 Å². The molecular weight excluding hydrogens is 384 g/mol. The molecular formula is C23H24N2O3S. The number of carbonyl (C=O) groups excluding carboxylic acids is 2. The van der Waals surface area contributed by atoms with Crippen LogP contribution in [0.15, 0.2) is 47.8 Å². The first-order valence-electron chi connectivity index (χ1n) is 9.51. The molecule has 0 spiro atoms. The number of esters is 1. The van der Waals surface area contributed by atoms with Crippen LogP contribution in [0.5, 0.6) is 0 Å². The molecule has 29 heavy (non-hydrogen) atoms. The first-order chi connectivity index (χ1) is 13.9. The van der Waals surface area contributed by atoms with Crippen molar-refractivity contribution < 1.29 is 14.3 Å². The van der Waals surface area contributed by atoms with E-state index in [9.17, 15) is 9.59 Å². The topological polar surface area (TPSA) is 68.3 Å². The van der Waals surface area contributed by atoms with Crippen molar-refractivity contribution in [3.05, 3.63) is 70.2 Å². The molecule has 6 heteroatoms. The van der Waals surface area contributed by atoms with Crippen LogP contribution >= 0.6 is 11.3 Å². The zero-order valence-corrected chi connectivity index (χ0v) is 17.8. The largest absolute Gasteiger partial charge is 0.448 e. The summed E-state index contributed by atoms with van der Waals surface area (Å²) in [6.07, 6.45) is 0.0369. The van der Waals surface area contributed by atoms with Crippen LogP contribution in [-0.2, 0) is 16.0 Å². The fourth-order valence-corrected chi connectivity index (χ4v) is 3.64. The molecule has 0 aliphatic rings. The minimum atomic E-state index is -0.933. The van der Waals surface area contributed by atoms with Gasteiger partial charge in [-0.1, -0.05) is 48.9 Å². The van der Waals surface area contributed by atoms with E-state index in [1.807, 2.05) is 56.3 Å². The van der Waals surface area contributed by atoms with Gasteiger partial charge in [0.25, 0.3) is 5.91 Å². The minimum absolute atomic E-state index is 0.204. The molecule has 0 radical (unpaired) electrons. The molecule has 150 valence electrons. The zero-order chi connectivity index (χ0) is 21.0. The number of nitrogens with zero attached hydrogens (tertiary/aromatic N) is 1. The summed E-state index contributed by atoms with van der Waals surface area (Å²) in [5, 5.41) is 5.20. The van der Waals surface area contributed by atoms with Crippen molar-refractivity contribution in [2.45, 2.75) is 40.2 Å². The van der Waals surface area contributed by atoms with Crippen LogP contribution in [0, 0.1) is 13.8 Å². The summed E-state index contributed by atoms with van der Waals surface area (Å²) in [6.45, 7) is 7.56. The smallest absolute Gasteiger partial charge is 0.358 e. The second-order valence-corrected chi connectivity index (χ2v) is 7.80. The number of aromatic nitrogens is 1. The lowest BCUT2D eigenvalue weighted by atomic mass is 10.1. The molecule has 1 N–H and O–H groups in total. The Bertz CT molecular complexity index is 1020. The maximum absolute atomic E-state index is 12.4. The van der Waals surface area contributed by atoms with Crippen LogP contribution in [0.1, 0.15) is 41.0 Å². The third-order valence-electron chi connectivity index (χ3n) is 4.62. The number of benzene rings is 2. The molecule has 0 saturated heterocycles. The molecule has 0 bridgehead atoms. The van der Waals surface area contributed by atoms with Crippen molar-refractivity contribution in [1.82, 2.24) is 4.98 Å². The third kappa shape index (κ3) is 5.09. The number of anilines is 1. The average Bonchev–Trinajstić information content (AvgIpc) is 3.20. The summed E-state index contributed by atoms with van der Waals surface area (Å²) >= 11 is 1.37. The van der Waals surface area contributed by atoms with Crippen molar-refractivity contribution in [3.63, 3.8) is 0 Å². The zero-order valence-electron chi connectivity index (χ0n) is 17.0. The molecule has 0 unspecified atom stereocenters. The van der Waals surface area contributed by atoms with Crippen LogP contribution in [0.2, 0.25) is 0 Å². The maximum atomic E-state index is 12.4. The normalized spacial score (nSPS) is 11.7. The molecule has 1 amide bonds. The van der Waals surface area contributed by atoms with Gasteiger partial charge in [0.1, 0.15) is 5.01 Å². The van der Waals surface area contributed by atoms with Crippen LogP contribution in [0.3, 0.4) is 0 Å². The van der Waals surface area contributed by atoms with E-state index in [1.165, 1.54) is 16.9 Å². The predicted molar refractivity (Wildman–Crippen MR) is 116 cm³/mol. The van der Waals surface area contributed by atoms with E-state index >= 15 is 0 Å². The molecule has 5 nitrogen and oxygen atoms in total.